The van der Waals surface area contributed by atoms with Crippen LogP contribution in [0, 0.1) is 0 Å². The molecule has 1 heterocycles. The molecule has 3 heteroatoms. The minimum absolute atomic E-state index is 0.553. The molecule has 0 aliphatic heterocycles. The summed E-state index contributed by atoms with van der Waals surface area (Å²) in [5.74, 6) is 0.991. The Kier molecular flexibility index (Phi) is 4.40. The van der Waals surface area contributed by atoms with Crippen molar-refractivity contribution in [3.63, 3.8) is 0 Å². The van der Waals surface area contributed by atoms with Crippen molar-refractivity contribution >= 4 is 11.5 Å². The summed E-state index contributed by atoms with van der Waals surface area (Å²) < 4.78 is 0. The summed E-state index contributed by atoms with van der Waals surface area (Å²) in [6.45, 7) is 4.39. The van der Waals surface area contributed by atoms with E-state index in [4.69, 9.17) is 0 Å². The van der Waals surface area contributed by atoms with Crippen molar-refractivity contribution < 1.29 is 0 Å². The first-order chi connectivity index (χ1) is 7.17. The predicted octanol–water partition coefficient (Wildman–Crippen LogP) is 2.75. The van der Waals surface area contributed by atoms with Crippen LogP contribution in [-0.4, -0.2) is 25.1 Å². The van der Waals surface area contributed by atoms with Gasteiger partial charge >= 0.3 is 0 Å². The number of aromatic nitrogens is 1. The fraction of sp³-hybridized carbons (Fsp3) is 0.583. The third-order valence-electron chi connectivity index (χ3n) is 2.56. The molecular formula is C12H21N3. The van der Waals surface area contributed by atoms with Crippen LogP contribution in [0.25, 0.3) is 0 Å². The van der Waals surface area contributed by atoms with E-state index in [-0.39, 0.29) is 0 Å². The molecule has 1 rings (SSSR count). The second-order valence-electron chi connectivity index (χ2n) is 3.96. The van der Waals surface area contributed by atoms with Crippen LogP contribution in [0.3, 0.4) is 0 Å². The van der Waals surface area contributed by atoms with E-state index < -0.39 is 0 Å². The second-order valence-corrected chi connectivity index (χ2v) is 3.96. The Morgan fingerprint density at radius 2 is 1.93 bits per heavy atom. The summed E-state index contributed by atoms with van der Waals surface area (Å²) in [4.78, 5) is 6.36. The van der Waals surface area contributed by atoms with Gasteiger partial charge in [-0.1, -0.05) is 13.8 Å². The normalized spacial score (nSPS) is 10.5. The maximum atomic E-state index is 4.36. The summed E-state index contributed by atoms with van der Waals surface area (Å²) in [5, 5.41) is 3.46. The van der Waals surface area contributed by atoms with Crippen molar-refractivity contribution in [2.24, 2.45) is 0 Å². The van der Waals surface area contributed by atoms with Gasteiger partial charge in [0.05, 0.1) is 11.9 Å². The minimum atomic E-state index is 0.553. The van der Waals surface area contributed by atoms with E-state index in [1.807, 2.05) is 31.3 Å². The molecule has 0 unspecified atom stereocenters. The molecule has 0 radical (unpaired) electrons. The molecule has 1 aromatic rings. The molecule has 0 aromatic carbocycles. The van der Waals surface area contributed by atoms with Gasteiger partial charge < -0.3 is 10.2 Å². The van der Waals surface area contributed by atoms with Gasteiger partial charge in [-0.05, 0) is 25.0 Å². The molecule has 0 aliphatic rings. The summed E-state index contributed by atoms with van der Waals surface area (Å²) in [5.41, 5.74) is 1.11. The monoisotopic (exact) mass is 207 g/mol. The molecule has 0 saturated heterocycles. The van der Waals surface area contributed by atoms with Gasteiger partial charge in [-0.2, -0.15) is 0 Å². The zero-order valence-electron chi connectivity index (χ0n) is 10.1. The first kappa shape index (κ1) is 11.8. The first-order valence-corrected chi connectivity index (χ1v) is 5.57. The Bertz CT molecular complexity index is 275. The summed E-state index contributed by atoms with van der Waals surface area (Å²) >= 11 is 0. The maximum Gasteiger partial charge on any atom is 0.128 e. The molecule has 15 heavy (non-hydrogen) atoms. The lowest BCUT2D eigenvalue weighted by Crippen LogP contribution is -2.17. The van der Waals surface area contributed by atoms with Crippen LogP contribution in [-0.2, 0) is 0 Å². The van der Waals surface area contributed by atoms with E-state index in [0.29, 0.717) is 6.04 Å². The topological polar surface area (TPSA) is 28.2 Å². The summed E-state index contributed by atoms with van der Waals surface area (Å²) in [7, 11) is 3.99. The van der Waals surface area contributed by atoms with Crippen molar-refractivity contribution in [1.29, 1.82) is 0 Å². The molecular weight excluding hydrogens is 186 g/mol. The van der Waals surface area contributed by atoms with E-state index >= 15 is 0 Å². The summed E-state index contributed by atoms with van der Waals surface area (Å²) in [6.07, 6.45) is 4.19. The van der Waals surface area contributed by atoms with Crippen LogP contribution in [0.2, 0.25) is 0 Å². The number of anilines is 2. The molecule has 0 bridgehead atoms. The average molecular weight is 207 g/mol. The number of hydrogen-bond acceptors (Lipinski definition) is 3. The molecule has 1 N–H and O–H groups in total. The lowest BCUT2D eigenvalue weighted by atomic mass is 10.1. The SMILES string of the molecule is CCC(CC)Nc1ccc(N(C)C)nc1. The van der Waals surface area contributed by atoms with Gasteiger partial charge in [0.15, 0.2) is 0 Å². The van der Waals surface area contributed by atoms with Crippen LogP contribution >= 0.6 is 0 Å². The first-order valence-electron chi connectivity index (χ1n) is 5.57. The van der Waals surface area contributed by atoms with Crippen molar-refractivity contribution in [2.75, 3.05) is 24.3 Å². The molecule has 0 aliphatic carbocycles. The van der Waals surface area contributed by atoms with E-state index in [1.165, 1.54) is 0 Å². The van der Waals surface area contributed by atoms with Crippen molar-refractivity contribution in [3.8, 4) is 0 Å². The fourth-order valence-electron chi connectivity index (χ4n) is 1.46. The predicted molar refractivity (Wildman–Crippen MR) is 66.6 cm³/mol. The molecule has 84 valence electrons. The Morgan fingerprint density at radius 3 is 2.33 bits per heavy atom. The fourth-order valence-corrected chi connectivity index (χ4v) is 1.46. The van der Waals surface area contributed by atoms with Crippen LogP contribution in [0.5, 0.6) is 0 Å². The minimum Gasteiger partial charge on any atom is -0.381 e. The van der Waals surface area contributed by atoms with Gasteiger partial charge in [0, 0.05) is 20.1 Å². The molecule has 0 saturated carbocycles. The third kappa shape index (κ3) is 3.42. The van der Waals surface area contributed by atoms with Crippen LogP contribution < -0.4 is 10.2 Å². The van der Waals surface area contributed by atoms with Crippen molar-refractivity contribution in [3.05, 3.63) is 18.3 Å². The highest BCUT2D eigenvalue weighted by Gasteiger charge is 2.03. The van der Waals surface area contributed by atoms with Crippen LogP contribution in [0.1, 0.15) is 26.7 Å². The average Bonchev–Trinajstić information content (AvgIpc) is 2.26. The standard InChI is InChI=1S/C12H21N3/c1-5-10(6-2)14-11-7-8-12(13-9-11)15(3)4/h7-10,14H,5-6H2,1-4H3. The van der Waals surface area contributed by atoms with Gasteiger partial charge in [0.1, 0.15) is 5.82 Å². The van der Waals surface area contributed by atoms with Gasteiger partial charge in [0.25, 0.3) is 0 Å². The largest absolute Gasteiger partial charge is 0.381 e. The molecule has 0 atom stereocenters. The van der Waals surface area contributed by atoms with Gasteiger partial charge in [-0.3, -0.25) is 0 Å². The number of nitrogens with zero attached hydrogens (tertiary/aromatic N) is 2. The van der Waals surface area contributed by atoms with Gasteiger partial charge in [0.2, 0.25) is 0 Å². The highest BCUT2D eigenvalue weighted by molar-refractivity contribution is 5.48. The highest BCUT2D eigenvalue weighted by atomic mass is 15.1. The number of rotatable bonds is 5. The van der Waals surface area contributed by atoms with Crippen LogP contribution in [0.15, 0.2) is 18.3 Å². The van der Waals surface area contributed by atoms with Gasteiger partial charge in [-0.25, -0.2) is 4.98 Å². The lowest BCUT2D eigenvalue weighted by Gasteiger charge is -2.17. The second kappa shape index (κ2) is 5.59. The third-order valence-corrected chi connectivity index (χ3v) is 2.56. The molecule has 0 fully saturated rings. The molecule has 3 nitrogen and oxygen atoms in total. The quantitative estimate of drug-likeness (QED) is 0.804. The Morgan fingerprint density at radius 1 is 1.27 bits per heavy atom. The number of nitrogens with one attached hydrogen (secondary N) is 1. The van der Waals surface area contributed by atoms with E-state index in [9.17, 15) is 0 Å². The summed E-state index contributed by atoms with van der Waals surface area (Å²) in [6, 6.07) is 4.67. The molecule has 0 spiro atoms. The van der Waals surface area contributed by atoms with Crippen molar-refractivity contribution in [1.82, 2.24) is 4.98 Å². The zero-order valence-corrected chi connectivity index (χ0v) is 10.1. The molecule has 0 amide bonds. The van der Waals surface area contributed by atoms with E-state index in [1.54, 1.807) is 0 Å². The van der Waals surface area contributed by atoms with E-state index in [2.05, 4.69) is 30.2 Å². The van der Waals surface area contributed by atoms with Gasteiger partial charge in [-0.15, -0.1) is 0 Å². The lowest BCUT2D eigenvalue weighted by molar-refractivity contribution is 0.671. The van der Waals surface area contributed by atoms with Crippen molar-refractivity contribution in [2.45, 2.75) is 32.7 Å². The van der Waals surface area contributed by atoms with E-state index in [0.717, 1.165) is 24.3 Å². The Hall–Kier alpha value is -1.25. The Labute approximate surface area is 92.5 Å². The highest BCUT2D eigenvalue weighted by Crippen LogP contribution is 2.14. The van der Waals surface area contributed by atoms with Crippen LogP contribution in [0.4, 0.5) is 11.5 Å². The number of hydrogen-bond donors (Lipinski definition) is 1. The molecule has 1 aromatic heterocycles. The Balaban J connectivity index is 2.63. The zero-order chi connectivity index (χ0) is 11.3. The number of pyridine rings is 1. The maximum absolute atomic E-state index is 4.36. The smallest absolute Gasteiger partial charge is 0.128 e.